The third-order valence-electron chi connectivity index (χ3n) is 3.13. The van der Waals surface area contributed by atoms with Gasteiger partial charge in [0.1, 0.15) is 11.6 Å². The second-order valence-corrected chi connectivity index (χ2v) is 4.33. The number of hydrogen-bond acceptors (Lipinski definition) is 3. The lowest BCUT2D eigenvalue weighted by atomic mass is 10.1. The Bertz CT molecular complexity index is 822. The Labute approximate surface area is 109 Å². The molecule has 0 amide bonds. The van der Waals surface area contributed by atoms with Gasteiger partial charge in [0.2, 0.25) is 0 Å². The Morgan fingerprint density at radius 3 is 2.53 bits per heavy atom. The molecule has 1 aromatic heterocycles. The molecule has 1 heterocycles. The SMILES string of the molecule is Cn1c(-c2ccccc2O)nc2ccccc2c1=O. The molecule has 0 bridgehead atoms. The van der Waals surface area contributed by atoms with Gasteiger partial charge in [-0.25, -0.2) is 4.98 Å². The predicted molar refractivity (Wildman–Crippen MR) is 74.1 cm³/mol. The van der Waals surface area contributed by atoms with Gasteiger partial charge < -0.3 is 5.11 Å². The maximum atomic E-state index is 12.3. The largest absolute Gasteiger partial charge is 0.507 e. The molecule has 3 aromatic rings. The Kier molecular flexibility index (Phi) is 2.56. The third-order valence-corrected chi connectivity index (χ3v) is 3.13. The van der Waals surface area contributed by atoms with Crippen molar-refractivity contribution in [1.82, 2.24) is 9.55 Å². The molecule has 0 aliphatic heterocycles. The summed E-state index contributed by atoms with van der Waals surface area (Å²) in [6.45, 7) is 0. The number of aromatic hydroxyl groups is 1. The van der Waals surface area contributed by atoms with E-state index in [2.05, 4.69) is 4.98 Å². The first kappa shape index (κ1) is 11.5. The first-order valence-corrected chi connectivity index (χ1v) is 5.92. The molecule has 4 nitrogen and oxygen atoms in total. The van der Waals surface area contributed by atoms with Crippen LogP contribution in [0.3, 0.4) is 0 Å². The molecule has 0 spiro atoms. The van der Waals surface area contributed by atoms with Crippen LogP contribution in [0.4, 0.5) is 0 Å². The van der Waals surface area contributed by atoms with Crippen molar-refractivity contribution in [2.24, 2.45) is 7.05 Å². The molecule has 0 aliphatic rings. The van der Waals surface area contributed by atoms with Crippen LogP contribution in [0, 0.1) is 0 Å². The molecule has 3 rings (SSSR count). The fourth-order valence-electron chi connectivity index (χ4n) is 2.12. The lowest BCUT2D eigenvalue weighted by Crippen LogP contribution is -2.20. The van der Waals surface area contributed by atoms with Crippen molar-refractivity contribution in [2.75, 3.05) is 0 Å². The number of benzene rings is 2. The minimum Gasteiger partial charge on any atom is -0.507 e. The normalized spacial score (nSPS) is 10.8. The zero-order chi connectivity index (χ0) is 13.4. The van der Waals surface area contributed by atoms with Crippen LogP contribution >= 0.6 is 0 Å². The summed E-state index contributed by atoms with van der Waals surface area (Å²) in [5.74, 6) is 0.571. The van der Waals surface area contributed by atoms with Crippen molar-refractivity contribution in [3.63, 3.8) is 0 Å². The first-order chi connectivity index (χ1) is 9.18. The van der Waals surface area contributed by atoms with Crippen molar-refractivity contribution in [3.05, 3.63) is 58.9 Å². The maximum absolute atomic E-state index is 12.3. The van der Waals surface area contributed by atoms with E-state index in [9.17, 15) is 9.90 Å². The average molecular weight is 252 g/mol. The lowest BCUT2D eigenvalue weighted by molar-refractivity contribution is 0.476. The Morgan fingerprint density at radius 1 is 1.05 bits per heavy atom. The number of nitrogens with zero attached hydrogens (tertiary/aromatic N) is 2. The van der Waals surface area contributed by atoms with Crippen molar-refractivity contribution in [3.8, 4) is 17.1 Å². The molecule has 1 N–H and O–H groups in total. The summed E-state index contributed by atoms with van der Waals surface area (Å²) >= 11 is 0. The van der Waals surface area contributed by atoms with Crippen LogP contribution in [0.1, 0.15) is 0 Å². The zero-order valence-corrected chi connectivity index (χ0v) is 10.4. The lowest BCUT2D eigenvalue weighted by Gasteiger charge is -2.10. The molecule has 2 aromatic carbocycles. The van der Waals surface area contributed by atoms with Gasteiger partial charge in [0.25, 0.3) is 5.56 Å². The topological polar surface area (TPSA) is 55.1 Å². The second-order valence-electron chi connectivity index (χ2n) is 4.33. The van der Waals surface area contributed by atoms with Gasteiger partial charge in [0.15, 0.2) is 0 Å². The first-order valence-electron chi connectivity index (χ1n) is 5.92. The monoisotopic (exact) mass is 252 g/mol. The molecule has 0 fully saturated rings. The van der Waals surface area contributed by atoms with E-state index in [4.69, 9.17) is 0 Å². The molecule has 0 saturated heterocycles. The quantitative estimate of drug-likeness (QED) is 0.723. The van der Waals surface area contributed by atoms with Crippen molar-refractivity contribution in [2.45, 2.75) is 0 Å². The van der Waals surface area contributed by atoms with E-state index in [0.717, 1.165) is 0 Å². The number of phenolic OH excluding ortho intramolecular Hbond substituents is 1. The van der Waals surface area contributed by atoms with Crippen LogP contribution < -0.4 is 5.56 Å². The van der Waals surface area contributed by atoms with Gasteiger partial charge in [-0.3, -0.25) is 9.36 Å². The highest BCUT2D eigenvalue weighted by molar-refractivity contribution is 5.80. The van der Waals surface area contributed by atoms with Crippen LogP contribution in [-0.4, -0.2) is 14.7 Å². The minimum atomic E-state index is -0.121. The van der Waals surface area contributed by atoms with Crippen LogP contribution in [0.25, 0.3) is 22.3 Å². The molecule has 0 radical (unpaired) electrons. The maximum Gasteiger partial charge on any atom is 0.261 e. The van der Waals surface area contributed by atoms with Crippen LogP contribution in [0.15, 0.2) is 53.3 Å². The van der Waals surface area contributed by atoms with Crippen molar-refractivity contribution in [1.29, 1.82) is 0 Å². The molecule has 0 saturated carbocycles. The minimum absolute atomic E-state index is 0.111. The number of rotatable bonds is 1. The van der Waals surface area contributed by atoms with Gasteiger partial charge in [-0.05, 0) is 24.3 Å². The summed E-state index contributed by atoms with van der Waals surface area (Å²) in [5.41, 5.74) is 1.06. The fourth-order valence-corrected chi connectivity index (χ4v) is 2.12. The summed E-state index contributed by atoms with van der Waals surface area (Å²) in [5, 5.41) is 10.5. The smallest absolute Gasteiger partial charge is 0.261 e. The average Bonchev–Trinajstić information content (AvgIpc) is 2.44. The summed E-state index contributed by atoms with van der Waals surface area (Å²) in [6.07, 6.45) is 0. The van der Waals surface area contributed by atoms with Gasteiger partial charge in [-0.2, -0.15) is 0 Å². The molecular formula is C15H12N2O2. The summed E-state index contributed by atoms with van der Waals surface area (Å²) in [7, 11) is 1.66. The highest BCUT2D eigenvalue weighted by Crippen LogP contribution is 2.26. The zero-order valence-electron chi connectivity index (χ0n) is 10.4. The fraction of sp³-hybridized carbons (Fsp3) is 0.0667. The van der Waals surface area contributed by atoms with E-state index in [-0.39, 0.29) is 11.3 Å². The summed E-state index contributed by atoms with van der Waals surface area (Å²) in [4.78, 5) is 16.7. The molecule has 0 aliphatic carbocycles. The number of fused-ring (bicyclic) bond motifs is 1. The van der Waals surface area contributed by atoms with Crippen LogP contribution in [-0.2, 0) is 7.05 Å². The molecule has 0 atom stereocenters. The van der Waals surface area contributed by atoms with Gasteiger partial charge in [0.05, 0.1) is 16.5 Å². The Hall–Kier alpha value is -2.62. The third kappa shape index (κ3) is 1.78. The molecule has 19 heavy (non-hydrogen) atoms. The Morgan fingerprint density at radius 2 is 1.74 bits per heavy atom. The van der Waals surface area contributed by atoms with E-state index >= 15 is 0 Å². The van der Waals surface area contributed by atoms with Gasteiger partial charge >= 0.3 is 0 Å². The highest BCUT2D eigenvalue weighted by atomic mass is 16.3. The molecule has 0 unspecified atom stereocenters. The summed E-state index contributed by atoms with van der Waals surface area (Å²) < 4.78 is 1.46. The van der Waals surface area contributed by atoms with Crippen molar-refractivity contribution < 1.29 is 5.11 Å². The Balaban J connectivity index is 2.40. The molecule has 4 heteroatoms. The van der Waals surface area contributed by atoms with Gasteiger partial charge in [-0.1, -0.05) is 24.3 Å². The van der Waals surface area contributed by atoms with Crippen molar-refractivity contribution >= 4 is 10.9 Å². The van der Waals surface area contributed by atoms with E-state index in [1.54, 1.807) is 43.4 Å². The van der Waals surface area contributed by atoms with Crippen LogP contribution in [0.5, 0.6) is 5.75 Å². The predicted octanol–water partition coefficient (Wildman–Crippen LogP) is 2.31. The van der Waals surface area contributed by atoms with E-state index in [1.807, 2.05) is 12.1 Å². The van der Waals surface area contributed by atoms with Gasteiger partial charge in [0, 0.05) is 7.05 Å². The standard InChI is InChI=1S/C15H12N2O2/c1-17-14(11-7-3-5-9-13(11)18)16-12-8-4-2-6-10(12)15(17)19/h2-9,18H,1H3. The van der Waals surface area contributed by atoms with E-state index in [0.29, 0.717) is 22.3 Å². The van der Waals surface area contributed by atoms with E-state index < -0.39 is 0 Å². The molecular weight excluding hydrogens is 240 g/mol. The van der Waals surface area contributed by atoms with Crippen LogP contribution in [0.2, 0.25) is 0 Å². The number of para-hydroxylation sites is 2. The second kappa shape index (κ2) is 4.24. The summed E-state index contributed by atoms with van der Waals surface area (Å²) in [6, 6.07) is 14.0. The number of phenols is 1. The number of aromatic nitrogens is 2. The molecule has 94 valence electrons. The van der Waals surface area contributed by atoms with E-state index in [1.165, 1.54) is 4.57 Å². The number of hydrogen-bond donors (Lipinski definition) is 1. The van der Waals surface area contributed by atoms with Gasteiger partial charge in [-0.15, -0.1) is 0 Å². The highest BCUT2D eigenvalue weighted by Gasteiger charge is 2.12.